The molecule has 5 nitrogen and oxygen atoms in total. The Morgan fingerprint density at radius 3 is 2.48 bits per heavy atom. The first-order valence-electron chi connectivity index (χ1n) is 6.44. The zero-order valence-corrected chi connectivity index (χ0v) is 13.1. The van der Waals surface area contributed by atoms with Crippen LogP contribution in [0, 0.1) is 0 Å². The Morgan fingerprint density at radius 1 is 1.29 bits per heavy atom. The number of allylic oxidation sites excluding steroid dienone is 1. The number of benzene rings is 1. The molecule has 1 heterocycles. The van der Waals surface area contributed by atoms with Crippen molar-refractivity contribution in [3.8, 4) is 0 Å². The highest BCUT2D eigenvalue weighted by atomic mass is 35.5. The molecule has 0 bridgehead atoms. The third-order valence-corrected chi connectivity index (χ3v) is 4.09. The van der Waals surface area contributed by atoms with E-state index in [4.69, 9.17) is 16.3 Å². The molecule has 0 saturated carbocycles. The van der Waals surface area contributed by atoms with Crippen molar-refractivity contribution in [1.29, 1.82) is 0 Å². The van der Waals surface area contributed by atoms with Crippen LogP contribution in [0.3, 0.4) is 0 Å². The number of hydrogen-bond donors (Lipinski definition) is 0. The highest BCUT2D eigenvalue weighted by Crippen LogP contribution is 2.38. The molecule has 0 saturated heterocycles. The van der Waals surface area contributed by atoms with Crippen molar-refractivity contribution >= 4 is 23.6 Å². The highest BCUT2D eigenvalue weighted by Gasteiger charge is 2.39. The van der Waals surface area contributed by atoms with Crippen LogP contribution in [0.2, 0.25) is 5.02 Å². The van der Waals surface area contributed by atoms with E-state index >= 15 is 0 Å². The fourth-order valence-corrected chi connectivity index (χ4v) is 2.73. The van der Waals surface area contributed by atoms with Crippen LogP contribution >= 0.6 is 11.6 Å². The summed E-state index contributed by atoms with van der Waals surface area (Å²) >= 11 is 6.24. The molecule has 1 aromatic rings. The molecule has 1 aromatic carbocycles. The summed E-state index contributed by atoms with van der Waals surface area (Å²) in [4.78, 5) is 27.4. The number of carbonyl (C=O) groups excluding carboxylic acids is 2. The van der Waals surface area contributed by atoms with E-state index in [1.54, 1.807) is 39.2 Å². The predicted octanol–water partition coefficient (Wildman–Crippen LogP) is 2.83. The summed E-state index contributed by atoms with van der Waals surface area (Å²) in [7, 11) is 4.59. The van der Waals surface area contributed by atoms with Crippen LogP contribution in [-0.4, -0.2) is 43.0 Å². The van der Waals surface area contributed by atoms with Crippen LogP contribution in [0.15, 0.2) is 35.5 Å². The largest absolute Gasteiger partial charge is 0.466 e. The Hall–Kier alpha value is -2.01. The second-order valence-corrected chi connectivity index (χ2v) is 5.27. The molecule has 0 aromatic heterocycles. The summed E-state index contributed by atoms with van der Waals surface area (Å²) in [6.45, 7) is 1.72. The van der Waals surface area contributed by atoms with Gasteiger partial charge in [-0.2, -0.15) is 0 Å². The molecular formula is C15H17ClN2O3. The first kappa shape index (κ1) is 15.4. The third kappa shape index (κ3) is 2.49. The van der Waals surface area contributed by atoms with Gasteiger partial charge in [-0.1, -0.05) is 29.8 Å². The number of esters is 1. The maximum Gasteiger partial charge on any atom is 0.337 e. The van der Waals surface area contributed by atoms with Gasteiger partial charge in [-0.25, -0.2) is 9.59 Å². The standard InChI is InChI=1S/C15H17ClN2O3/c1-9-12(14(19)21-4)13(18(3)15(20)17(9)2)10-7-5-6-8-11(10)16/h5-8,13H,1-4H3. The number of methoxy groups -OCH3 is 1. The molecule has 2 amide bonds. The second-order valence-electron chi connectivity index (χ2n) is 4.87. The number of carbonyl (C=O) groups is 2. The minimum Gasteiger partial charge on any atom is -0.466 e. The molecule has 0 aliphatic carbocycles. The van der Waals surface area contributed by atoms with Gasteiger partial charge in [0.15, 0.2) is 0 Å². The van der Waals surface area contributed by atoms with Gasteiger partial charge in [-0.3, -0.25) is 0 Å². The van der Waals surface area contributed by atoms with Crippen LogP contribution in [0.4, 0.5) is 4.79 Å². The minimum atomic E-state index is -0.560. The van der Waals surface area contributed by atoms with Crippen molar-refractivity contribution in [1.82, 2.24) is 9.80 Å². The van der Waals surface area contributed by atoms with Crippen molar-refractivity contribution in [3.63, 3.8) is 0 Å². The number of ether oxygens (including phenoxy) is 1. The van der Waals surface area contributed by atoms with Gasteiger partial charge in [0.05, 0.1) is 18.7 Å². The van der Waals surface area contributed by atoms with E-state index in [2.05, 4.69) is 0 Å². The van der Waals surface area contributed by atoms with Crippen molar-refractivity contribution in [2.24, 2.45) is 0 Å². The van der Waals surface area contributed by atoms with E-state index in [0.717, 1.165) is 0 Å². The molecule has 1 atom stereocenters. The van der Waals surface area contributed by atoms with Crippen LogP contribution in [-0.2, 0) is 9.53 Å². The highest BCUT2D eigenvalue weighted by molar-refractivity contribution is 6.31. The summed E-state index contributed by atoms with van der Waals surface area (Å²) in [5, 5.41) is 0.501. The summed E-state index contributed by atoms with van der Waals surface area (Å²) in [5.74, 6) is -0.469. The lowest BCUT2D eigenvalue weighted by Crippen LogP contribution is -2.47. The van der Waals surface area contributed by atoms with Gasteiger partial charge in [0.2, 0.25) is 0 Å². The van der Waals surface area contributed by atoms with E-state index in [-0.39, 0.29) is 6.03 Å². The van der Waals surface area contributed by atoms with Gasteiger partial charge in [-0.15, -0.1) is 0 Å². The fourth-order valence-electron chi connectivity index (χ4n) is 2.49. The monoisotopic (exact) mass is 308 g/mol. The molecule has 1 unspecified atom stereocenters. The van der Waals surface area contributed by atoms with E-state index in [0.29, 0.717) is 21.9 Å². The maximum absolute atomic E-state index is 12.3. The molecule has 0 fully saturated rings. The number of hydrogen-bond acceptors (Lipinski definition) is 3. The number of amides is 2. The van der Waals surface area contributed by atoms with Crippen molar-refractivity contribution < 1.29 is 14.3 Å². The van der Waals surface area contributed by atoms with E-state index < -0.39 is 12.0 Å². The molecule has 112 valence electrons. The number of rotatable bonds is 2. The Kier molecular flexibility index (Phi) is 4.23. The lowest BCUT2D eigenvalue weighted by molar-refractivity contribution is -0.137. The van der Waals surface area contributed by atoms with Gasteiger partial charge < -0.3 is 14.5 Å². The van der Waals surface area contributed by atoms with Gasteiger partial charge in [0.25, 0.3) is 0 Å². The third-order valence-electron chi connectivity index (χ3n) is 3.75. The average molecular weight is 309 g/mol. The minimum absolute atomic E-state index is 0.204. The molecule has 21 heavy (non-hydrogen) atoms. The molecule has 0 radical (unpaired) electrons. The Bertz CT molecular complexity index is 627. The number of likely N-dealkylation sites (N-methyl/N-ethyl adjacent to an activating group) is 1. The Morgan fingerprint density at radius 2 is 1.90 bits per heavy atom. The van der Waals surface area contributed by atoms with Crippen LogP contribution < -0.4 is 0 Å². The zero-order chi connectivity index (χ0) is 15.7. The smallest absolute Gasteiger partial charge is 0.337 e. The number of urea groups is 1. The van der Waals surface area contributed by atoms with Gasteiger partial charge in [0.1, 0.15) is 0 Å². The number of halogens is 1. The van der Waals surface area contributed by atoms with E-state index in [9.17, 15) is 9.59 Å². The van der Waals surface area contributed by atoms with Gasteiger partial charge >= 0.3 is 12.0 Å². The second kappa shape index (κ2) is 5.77. The molecule has 1 aliphatic heterocycles. The van der Waals surface area contributed by atoms with E-state index in [1.807, 2.05) is 6.07 Å². The average Bonchev–Trinajstić information content (AvgIpc) is 2.49. The SMILES string of the molecule is COC(=O)C1=C(C)N(C)C(=O)N(C)C1c1ccccc1Cl. The molecule has 6 heteroatoms. The van der Waals surface area contributed by atoms with Crippen molar-refractivity contribution in [3.05, 3.63) is 46.1 Å². The quantitative estimate of drug-likeness (QED) is 0.789. The summed E-state index contributed by atoms with van der Waals surface area (Å²) < 4.78 is 4.88. The van der Waals surface area contributed by atoms with Crippen LogP contribution in [0.1, 0.15) is 18.5 Å². The predicted molar refractivity (Wildman–Crippen MR) is 79.8 cm³/mol. The molecule has 0 spiro atoms. The summed E-state index contributed by atoms with van der Waals surface area (Å²) in [5.41, 5.74) is 1.67. The van der Waals surface area contributed by atoms with Gasteiger partial charge in [-0.05, 0) is 18.6 Å². The molecule has 0 N–H and O–H groups in total. The first-order chi connectivity index (χ1) is 9.90. The van der Waals surface area contributed by atoms with E-state index in [1.165, 1.54) is 16.9 Å². The van der Waals surface area contributed by atoms with Crippen molar-refractivity contribution in [2.45, 2.75) is 13.0 Å². The van der Waals surface area contributed by atoms with Crippen molar-refractivity contribution in [2.75, 3.05) is 21.2 Å². The zero-order valence-electron chi connectivity index (χ0n) is 12.4. The normalized spacial score (nSPS) is 19.1. The van der Waals surface area contributed by atoms with Crippen LogP contribution in [0.5, 0.6) is 0 Å². The fraction of sp³-hybridized carbons (Fsp3) is 0.333. The Labute approximate surface area is 128 Å². The summed E-state index contributed by atoms with van der Waals surface area (Å²) in [6.07, 6.45) is 0. The lowest BCUT2D eigenvalue weighted by atomic mass is 9.93. The van der Waals surface area contributed by atoms with Crippen LogP contribution in [0.25, 0.3) is 0 Å². The first-order valence-corrected chi connectivity index (χ1v) is 6.82. The Balaban J connectivity index is 2.67. The lowest BCUT2D eigenvalue weighted by Gasteiger charge is -2.39. The molecule has 2 rings (SSSR count). The topological polar surface area (TPSA) is 49.9 Å². The number of nitrogens with zero attached hydrogens (tertiary/aromatic N) is 2. The molecular weight excluding hydrogens is 292 g/mol. The maximum atomic E-state index is 12.3. The molecule has 1 aliphatic rings. The summed E-state index contributed by atoms with van der Waals surface area (Å²) in [6, 6.07) is 6.40. The van der Waals surface area contributed by atoms with Gasteiger partial charge in [0, 0.05) is 24.8 Å².